The number of fused-ring (bicyclic) bond motifs is 1. The molecule has 0 spiro atoms. The van der Waals surface area contributed by atoms with Crippen LogP contribution in [-0.4, -0.2) is 101 Å². The lowest BCUT2D eigenvalue weighted by Gasteiger charge is -2.34. The smallest absolute Gasteiger partial charge is 0.253 e. The van der Waals surface area contributed by atoms with Crippen molar-refractivity contribution < 1.29 is 15.0 Å². The van der Waals surface area contributed by atoms with Gasteiger partial charge in [0, 0.05) is 99.0 Å². The van der Waals surface area contributed by atoms with Gasteiger partial charge in [0.1, 0.15) is 0 Å². The Morgan fingerprint density at radius 3 is 2.22 bits per heavy atom. The maximum Gasteiger partial charge on any atom is 0.253 e. The number of carbonyl (C=O) groups is 1. The van der Waals surface area contributed by atoms with E-state index in [1.807, 2.05) is 35.2 Å². The predicted molar refractivity (Wildman–Crippen MR) is 181 cm³/mol. The molecular formula is C36H46N6O3. The van der Waals surface area contributed by atoms with Gasteiger partial charge in [0.05, 0.1) is 0 Å². The molecule has 238 valence electrons. The molecule has 2 saturated heterocycles. The largest absolute Gasteiger partial charge is 0.504 e. The maximum absolute atomic E-state index is 13.2. The summed E-state index contributed by atoms with van der Waals surface area (Å²) in [5.74, 6) is -0.118. The second-order valence-electron chi connectivity index (χ2n) is 12.4. The molecule has 0 saturated carbocycles. The fourth-order valence-electron chi connectivity index (χ4n) is 6.63. The minimum Gasteiger partial charge on any atom is -0.504 e. The fourth-order valence-corrected chi connectivity index (χ4v) is 6.63. The zero-order valence-corrected chi connectivity index (χ0v) is 26.6. The molecule has 2 fully saturated rings. The van der Waals surface area contributed by atoms with Crippen LogP contribution in [0.1, 0.15) is 33.6 Å². The van der Waals surface area contributed by atoms with Crippen molar-refractivity contribution in [2.75, 3.05) is 70.8 Å². The molecule has 0 unspecified atom stereocenters. The number of aromatic hydroxyl groups is 2. The molecule has 3 heterocycles. The molecule has 0 atom stereocenters. The summed E-state index contributed by atoms with van der Waals surface area (Å²) in [7, 11) is 0. The first-order chi connectivity index (χ1) is 21.9. The van der Waals surface area contributed by atoms with Crippen LogP contribution in [0.3, 0.4) is 0 Å². The number of anilines is 2. The monoisotopic (exact) mass is 610 g/mol. The summed E-state index contributed by atoms with van der Waals surface area (Å²) in [6, 6.07) is 19.4. The number of benzene rings is 3. The Hall–Kier alpha value is -4.05. The fraction of sp³-hybridized carbons (Fsp3) is 0.417. The molecule has 0 bridgehead atoms. The number of aryl methyl sites for hydroxylation is 2. The quantitative estimate of drug-likeness (QED) is 0.193. The van der Waals surface area contributed by atoms with Gasteiger partial charge in [-0.05, 0) is 99.0 Å². The van der Waals surface area contributed by atoms with E-state index >= 15 is 0 Å². The minimum atomic E-state index is -0.0976. The number of phenolic OH excluding ortho intramolecular Hbond substituents is 2. The van der Waals surface area contributed by atoms with Crippen LogP contribution in [-0.2, 0) is 13.0 Å². The minimum absolute atomic E-state index is 0.0652. The molecule has 4 N–H and O–H groups in total. The van der Waals surface area contributed by atoms with Crippen LogP contribution in [0, 0.1) is 13.8 Å². The molecule has 9 nitrogen and oxygen atoms in total. The lowest BCUT2D eigenvalue weighted by molar-refractivity contribution is 0.0638. The summed E-state index contributed by atoms with van der Waals surface area (Å²) >= 11 is 0. The SMILES string of the molecule is Cc1c(C)n(CCCN2CCNCC2)c2ccc(Nc3ccc(C(=O)N4CCN(CCc5ccc(O)c(O)c5)CC4)cc3)cc12. The van der Waals surface area contributed by atoms with Crippen LogP contribution >= 0.6 is 0 Å². The van der Waals surface area contributed by atoms with Gasteiger partial charge in [0.25, 0.3) is 5.91 Å². The summed E-state index contributed by atoms with van der Waals surface area (Å²) in [4.78, 5) is 20.1. The second kappa shape index (κ2) is 13.9. The van der Waals surface area contributed by atoms with Crippen molar-refractivity contribution in [3.8, 4) is 11.5 Å². The van der Waals surface area contributed by atoms with Crippen LogP contribution in [0.4, 0.5) is 11.4 Å². The highest BCUT2D eigenvalue weighted by Crippen LogP contribution is 2.30. The van der Waals surface area contributed by atoms with Gasteiger partial charge in [-0.25, -0.2) is 0 Å². The lowest BCUT2D eigenvalue weighted by Crippen LogP contribution is -2.49. The van der Waals surface area contributed by atoms with E-state index in [0.29, 0.717) is 18.7 Å². The van der Waals surface area contributed by atoms with Crippen molar-refractivity contribution in [2.24, 2.45) is 0 Å². The molecule has 2 aliphatic heterocycles. The first-order valence-corrected chi connectivity index (χ1v) is 16.3. The molecule has 1 amide bonds. The Bertz CT molecular complexity index is 1620. The third kappa shape index (κ3) is 7.27. The van der Waals surface area contributed by atoms with Gasteiger partial charge >= 0.3 is 0 Å². The highest BCUT2D eigenvalue weighted by atomic mass is 16.3. The number of hydrogen-bond donors (Lipinski definition) is 4. The van der Waals surface area contributed by atoms with Crippen LogP contribution < -0.4 is 10.6 Å². The van der Waals surface area contributed by atoms with Gasteiger partial charge in [-0.3, -0.25) is 9.69 Å². The average molecular weight is 611 g/mol. The Balaban J connectivity index is 1.01. The van der Waals surface area contributed by atoms with Crippen molar-refractivity contribution in [2.45, 2.75) is 33.2 Å². The number of amides is 1. The Kier molecular flexibility index (Phi) is 9.59. The summed E-state index contributed by atoms with van der Waals surface area (Å²) in [5.41, 5.74) is 7.64. The number of aromatic nitrogens is 1. The highest BCUT2D eigenvalue weighted by Gasteiger charge is 2.22. The number of hydrogen-bond acceptors (Lipinski definition) is 7. The van der Waals surface area contributed by atoms with Crippen LogP contribution in [0.2, 0.25) is 0 Å². The zero-order chi connectivity index (χ0) is 31.3. The number of carbonyl (C=O) groups excluding carboxylic acids is 1. The molecule has 45 heavy (non-hydrogen) atoms. The van der Waals surface area contributed by atoms with Gasteiger partial charge in [-0.1, -0.05) is 6.07 Å². The topological polar surface area (TPSA) is 96.2 Å². The molecule has 9 heteroatoms. The Morgan fingerprint density at radius 2 is 1.49 bits per heavy atom. The molecule has 6 rings (SSSR count). The van der Waals surface area contributed by atoms with E-state index in [-0.39, 0.29) is 17.4 Å². The summed E-state index contributed by atoms with van der Waals surface area (Å²) in [6.45, 7) is 14.9. The van der Waals surface area contributed by atoms with Gasteiger partial charge in [0.15, 0.2) is 11.5 Å². The van der Waals surface area contributed by atoms with Gasteiger partial charge in [-0.15, -0.1) is 0 Å². The maximum atomic E-state index is 13.2. The van der Waals surface area contributed by atoms with Crippen LogP contribution in [0.5, 0.6) is 11.5 Å². The third-order valence-electron chi connectivity index (χ3n) is 9.54. The average Bonchev–Trinajstić information content (AvgIpc) is 3.30. The van der Waals surface area contributed by atoms with Crippen LogP contribution in [0.25, 0.3) is 10.9 Å². The normalized spacial score (nSPS) is 16.4. The molecule has 2 aliphatic rings. The summed E-state index contributed by atoms with van der Waals surface area (Å²) in [5, 5.41) is 27.5. The van der Waals surface area contributed by atoms with Gasteiger partial charge in [0.2, 0.25) is 0 Å². The third-order valence-corrected chi connectivity index (χ3v) is 9.54. The standard InChI is InChI=1S/C36H46N6O3/c1-26-27(2)42(16-3-15-39-18-13-37-14-19-39)33-10-9-31(25-32(26)33)38-30-7-5-29(6-8-30)36(45)41-22-20-40(21-23-41)17-12-28-4-11-34(43)35(44)24-28/h4-11,24-25,37-38,43-44H,3,12-23H2,1-2H3. The number of nitrogens with one attached hydrogen (secondary N) is 2. The molecule has 1 aromatic heterocycles. The molecular weight excluding hydrogens is 564 g/mol. The van der Waals surface area contributed by atoms with Crippen molar-refractivity contribution >= 4 is 28.2 Å². The van der Waals surface area contributed by atoms with Crippen LogP contribution in [0.15, 0.2) is 60.7 Å². The first kappa shape index (κ1) is 31.0. The van der Waals surface area contributed by atoms with E-state index in [9.17, 15) is 15.0 Å². The number of nitrogens with zero attached hydrogens (tertiary/aromatic N) is 4. The molecule has 4 aromatic rings. The van der Waals surface area contributed by atoms with E-state index in [4.69, 9.17) is 0 Å². The van der Waals surface area contributed by atoms with Gasteiger partial charge < -0.3 is 35.2 Å². The lowest BCUT2D eigenvalue weighted by atomic mass is 10.1. The highest BCUT2D eigenvalue weighted by molar-refractivity contribution is 5.95. The Labute approximate surface area is 266 Å². The van der Waals surface area contributed by atoms with E-state index in [1.54, 1.807) is 6.07 Å². The van der Waals surface area contributed by atoms with E-state index < -0.39 is 0 Å². The first-order valence-electron chi connectivity index (χ1n) is 16.3. The number of rotatable bonds is 10. The summed E-state index contributed by atoms with van der Waals surface area (Å²) in [6.07, 6.45) is 1.93. The molecule has 0 aliphatic carbocycles. The van der Waals surface area contributed by atoms with E-state index in [1.165, 1.54) is 28.2 Å². The van der Waals surface area contributed by atoms with Crippen molar-refractivity contribution in [3.63, 3.8) is 0 Å². The molecule has 0 radical (unpaired) electrons. The second-order valence-corrected chi connectivity index (χ2v) is 12.4. The van der Waals surface area contributed by atoms with Crippen molar-refractivity contribution in [3.05, 3.63) is 83.0 Å². The predicted octanol–water partition coefficient (Wildman–Crippen LogP) is 4.71. The zero-order valence-electron chi connectivity index (χ0n) is 26.6. The van der Waals surface area contributed by atoms with E-state index in [0.717, 1.165) is 88.7 Å². The van der Waals surface area contributed by atoms with Crippen molar-refractivity contribution in [1.82, 2.24) is 24.6 Å². The summed E-state index contributed by atoms with van der Waals surface area (Å²) < 4.78 is 2.47. The molecule has 3 aromatic carbocycles. The van der Waals surface area contributed by atoms with Gasteiger partial charge in [-0.2, -0.15) is 0 Å². The van der Waals surface area contributed by atoms with E-state index in [2.05, 4.69) is 57.0 Å². The number of piperazine rings is 2. The Morgan fingerprint density at radius 1 is 0.778 bits per heavy atom. The van der Waals surface area contributed by atoms with Crippen molar-refractivity contribution in [1.29, 1.82) is 0 Å². The number of phenols is 2.